The Labute approximate surface area is 122 Å². The molecule has 1 nitrogen and oxygen atoms in total. The van der Waals surface area contributed by atoms with Gasteiger partial charge >= 0.3 is 0 Å². The molecule has 0 heterocycles. The zero-order valence-corrected chi connectivity index (χ0v) is 14.1. The van der Waals surface area contributed by atoms with Gasteiger partial charge in [0.2, 0.25) is 0 Å². The van der Waals surface area contributed by atoms with Crippen LogP contribution in [0.5, 0.6) is 0 Å². The van der Waals surface area contributed by atoms with Crippen molar-refractivity contribution in [1.82, 2.24) is 0 Å². The normalized spacial score (nSPS) is 12.0. The van der Waals surface area contributed by atoms with E-state index in [1.165, 1.54) is 77.0 Å². The van der Waals surface area contributed by atoms with Gasteiger partial charge in [-0.3, -0.25) is 0 Å². The SMILES string of the molecule is CCCCCCCCCCOC(C)(C)CCCCC. The Kier molecular flexibility index (Phi) is 12.9. The minimum Gasteiger partial charge on any atom is -0.376 e. The molecule has 0 aromatic heterocycles. The van der Waals surface area contributed by atoms with Gasteiger partial charge < -0.3 is 4.74 Å². The van der Waals surface area contributed by atoms with Gasteiger partial charge in [0.1, 0.15) is 0 Å². The number of rotatable bonds is 14. The molecule has 0 aromatic carbocycles. The van der Waals surface area contributed by atoms with Crippen molar-refractivity contribution in [3.05, 3.63) is 0 Å². The molecule has 0 fully saturated rings. The van der Waals surface area contributed by atoms with Gasteiger partial charge in [0, 0.05) is 6.61 Å². The molecule has 0 saturated heterocycles. The first-order chi connectivity index (χ1) is 9.12. The summed E-state index contributed by atoms with van der Waals surface area (Å²) in [6.45, 7) is 9.98. The number of hydrogen-bond acceptors (Lipinski definition) is 1. The predicted octanol–water partition coefficient (Wildman–Crippen LogP) is 6.50. The lowest BCUT2D eigenvalue weighted by molar-refractivity contribution is -0.0266. The van der Waals surface area contributed by atoms with Crippen molar-refractivity contribution in [2.75, 3.05) is 6.61 Å². The molecule has 0 bridgehead atoms. The van der Waals surface area contributed by atoms with Gasteiger partial charge in [-0.2, -0.15) is 0 Å². The van der Waals surface area contributed by atoms with Crippen LogP contribution in [0.3, 0.4) is 0 Å². The van der Waals surface area contributed by atoms with Crippen LogP contribution < -0.4 is 0 Å². The van der Waals surface area contributed by atoms with Crippen LogP contribution >= 0.6 is 0 Å². The Morgan fingerprint density at radius 2 is 1.11 bits per heavy atom. The smallest absolute Gasteiger partial charge is 0.0626 e. The van der Waals surface area contributed by atoms with Crippen molar-refractivity contribution in [3.63, 3.8) is 0 Å². The molecule has 0 radical (unpaired) electrons. The zero-order chi connectivity index (χ0) is 14.4. The van der Waals surface area contributed by atoms with Gasteiger partial charge in [0.05, 0.1) is 5.60 Å². The van der Waals surface area contributed by atoms with E-state index in [1.54, 1.807) is 0 Å². The van der Waals surface area contributed by atoms with Crippen LogP contribution in [0.1, 0.15) is 105 Å². The van der Waals surface area contributed by atoms with Crippen molar-refractivity contribution in [2.24, 2.45) is 0 Å². The molecular formula is C18H38O. The molecule has 0 aliphatic heterocycles. The van der Waals surface area contributed by atoms with E-state index in [2.05, 4.69) is 27.7 Å². The Morgan fingerprint density at radius 3 is 1.68 bits per heavy atom. The van der Waals surface area contributed by atoms with Gasteiger partial charge in [-0.25, -0.2) is 0 Å². The first-order valence-corrected chi connectivity index (χ1v) is 8.76. The van der Waals surface area contributed by atoms with E-state index in [9.17, 15) is 0 Å². The second-order valence-corrected chi connectivity index (χ2v) is 6.54. The van der Waals surface area contributed by atoms with Crippen LogP contribution in [0.2, 0.25) is 0 Å². The van der Waals surface area contributed by atoms with Crippen molar-refractivity contribution < 1.29 is 4.74 Å². The Morgan fingerprint density at radius 1 is 0.632 bits per heavy atom. The Hall–Kier alpha value is -0.0400. The van der Waals surface area contributed by atoms with Gasteiger partial charge in [0.25, 0.3) is 0 Å². The number of unbranched alkanes of at least 4 members (excludes halogenated alkanes) is 9. The molecule has 0 aliphatic carbocycles. The summed E-state index contributed by atoms with van der Waals surface area (Å²) in [4.78, 5) is 0. The highest BCUT2D eigenvalue weighted by molar-refractivity contribution is 4.68. The van der Waals surface area contributed by atoms with E-state index in [0.717, 1.165) is 6.61 Å². The predicted molar refractivity (Wildman–Crippen MR) is 86.8 cm³/mol. The fourth-order valence-electron chi connectivity index (χ4n) is 2.46. The summed E-state index contributed by atoms with van der Waals surface area (Å²) in [5.74, 6) is 0. The Bertz CT molecular complexity index is 175. The topological polar surface area (TPSA) is 9.23 Å². The summed E-state index contributed by atoms with van der Waals surface area (Å²) in [5, 5.41) is 0. The molecular weight excluding hydrogens is 232 g/mol. The Balaban J connectivity index is 3.27. The second-order valence-electron chi connectivity index (χ2n) is 6.54. The highest BCUT2D eigenvalue weighted by Gasteiger charge is 2.16. The molecule has 0 unspecified atom stereocenters. The van der Waals surface area contributed by atoms with Crippen molar-refractivity contribution in [3.8, 4) is 0 Å². The third-order valence-electron chi connectivity index (χ3n) is 3.87. The summed E-state index contributed by atoms with van der Waals surface area (Å²) in [6, 6.07) is 0. The van der Waals surface area contributed by atoms with E-state index in [4.69, 9.17) is 4.74 Å². The van der Waals surface area contributed by atoms with Gasteiger partial charge in [-0.15, -0.1) is 0 Å². The maximum atomic E-state index is 6.02. The first kappa shape index (κ1) is 19.0. The van der Waals surface area contributed by atoms with E-state index in [0.29, 0.717) is 0 Å². The molecule has 0 atom stereocenters. The van der Waals surface area contributed by atoms with Crippen LogP contribution in [0.15, 0.2) is 0 Å². The fourth-order valence-corrected chi connectivity index (χ4v) is 2.46. The second kappa shape index (κ2) is 13.0. The third-order valence-corrected chi connectivity index (χ3v) is 3.87. The van der Waals surface area contributed by atoms with Crippen LogP contribution in [0.4, 0.5) is 0 Å². The standard InChI is InChI=1S/C18H38O/c1-5-7-9-10-11-12-13-15-17-19-18(3,4)16-14-8-6-2/h5-17H2,1-4H3. The molecule has 0 spiro atoms. The minimum absolute atomic E-state index is 0.0935. The van der Waals surface area contributed by atoms with Crippen LogP contribution in [-0.2, 0) is 4.74 Å². The minimum atomic E-state index is 0.0935. The van der Waals surface area contributed by atoms with E-state index in [1.807, 2.05) is 0 Å². The highest BCUT2D eigenvalue weighted by Crippen LogP contribution is 2.19. The van der Waals surface area contributed by atoms with Crippen LogP contribution in [0.25, 0.3) is 0 Å². The van der Waals surface area contributed by atoms with Crippen molar-refractivity contribution >= 4 is 0 Å². The van der Waals surface area contributed by atoms with Gasteiger partial charge in [-0.1, -0.05) is 78.1 Å². The molecule has 0 aliphatic rings. The summed E-state index contributed by atoms with van der Waals surface area (Å²) >= 11 is 0. The average Bonchev–Trinajstić information content (AvgIpc) is 2.37. The first-order valence-electron chi connectivity index (χ1n) is 8.76. The molecule has 1 heteroatoms. The lowest BCUT2D eigenvalue weighted by Gasteiger charge is -2.25. The lowest BCUT2D eigenvalue weighted by atomic mass is 10.0. The summed E-state index contributed by atoms with van der Waals surface area (Å²) < 4.78 is 6.02. The third kappa shape index (κ3) is 14.2. The largest absolute Gasteiger partial charge is 0.376 e. The molecule has 116 valence electrons. The fraction of sp³-hybridized carbons (Fsp3) is 1.00. The van der Waals surface area contributed by atoms with Gasteiger partial charge in [-0.05, 0) is 26.7 Å². The van der Waals surface area contributed by atoms with E-state index in [-0.39, 0.29) is 5.60 Å². The summed E-state index contributed by atoms with van der Waals surface area (Å²) in [5.41, 5.74) is 0.0935. The maximum absolute atomic E-state index is 6.02. The molecule has 0 aromatic rings. The van der Waals surface area contributed by atoms with Crippen molar-refractivity contribution in [1.29, 1.82) is 0 Å². The van der Waals surface area contributed by atoms with Crippen molar-refractivity contribution in [2.45, 2.75) is 110 Å². The monoisotopic (exact) mass is 270 g/mol. The van der Waals surface area contributed by atoms with Crippen LogP contribution in [0, 0.1) is 0 Å². The molecule has 0 rings (SSSR count). The molecule has 0 saturated carbocycles. The molecule has 0 amide bonds. The summed E-state index contributed by atoms with van der Waals surface area (Å²) in [6.07, 6.45) is 16.2. The average molecular weight is 271 g/mol. The zero-order valence-electron chi connectivity index (χ0n) is 14.1. The van der Waals surface area contributed by atoms with Gasteiger partial charge in [0.15, 0.2) is 0 Å². The number of hydrogen-bond donors (Lipinski definition) is 0. The van der Waals surface area contributed by atoms with E-state index >= 15 is 0 Å². The van der Waals surface area contributed by atoms with Crippen LogP contribution in [-0.4, -0.2) is 12.2 Å². The number of ether oxygens (including phenoxy) is 1. The summed E-state index contributed by atoms with van der Waals surface area (Å²) in [7, 11) is 0. The molecule has 19 heavy (non-hydrogen) atoms. The lowest BCUT2D eigenvalue weighted by Crippen LogP contribution is -2.24. The quantitative estimate of drug-likeness (QED) is 0.327. The maximum Gasteiger partial charge on any atom is 0.0626 e. The highest BCUT2D eigenvalue weighted by atomic mass is 16.5. The molecule has 0 N–H and O–H groups in total. The van der Waals surface area contributed by atoms with E-state index < -0.39 is 0 Å².